The predicted octanol–water partition coefficient (Wildman–Crippen LogP) is 3.90. The summed E-state index contributed by atoms with van der Waals surface area (Å²) in [6, 6.07) is 3.24. The maximum atomic E-state index is 6.13. The van der Waals surface area contributed by atoms with E-state index in [0.717, 1.165) is 5.56 Å². The van der Waals surface area contributed by atoms with E-state index < -0.39 is 0 Å². The van der Waals surface area contributed by atoms with Crippen molar-refractivity contribution in [3.63, 3.8) is 0 Å². The summed E-state index contributed by atoms with van der Waals surface area (Å²) in [5.74, 6) is 0.336. The molecule has 8 heteroatoms. The quantitative estimate of drug-likeness (QED) is 0.664. The highest BCUT2D eigenvalue weighted by molar-refractivity contribution is 6.36. The Morgan fingerprint density at radius 3 is 2.52 bits per heavy atom. The molecule has 0 aliphatic rings. The summed E-state index contributed by atoms with van der Waals surface area (Å²) in [5.41, 5.74) is 1.90. The van der Waals surface area contributed by atoms with Crippen LogP contribution in [0, 0.1) is 0 Å². The molecule has 3 aromatic rings. The molecule has 0 atom stereocenters. The van der Waals surface area contributed by atoms with Crippen LogP contribution < -0.4 is 0 Å². The molecule has 5 nitrogen and oxygen atoms in total. The summed E-state index contributed by atoms with van der Waals surface area (Å²) in [6.07, 6.45) is 5.01. The molecule has 0 saturated heterocycles. The zero-order valence-electron chi connectivity index (χ0n) is 10.8. The van der Waals surface area contributed by atoms with Crippen molar-refractivity contribution in [1.29, 1.82) is 0 Å². The van der Waals surface area contributed by atoms with E-state index in [0.29, 0.717) is 32.4 Å². The molecule has 0 bridgehead atoms. The lowest BCUT2D eigenvalue weighted by atomic mass is 10.2. The average molecular weight is 341 g/mol. The van der Waals surface area contributed by atoms with Crippen LogP contribution >= 0.6 is 34.8 Å². The van der Waals surface area contributed by atoms with E-state index in [2.05, 4.69) is 20.1 Å². The van der Waals surface area contributed by atoms with Crippen LogP contribution in [0.25, 0.3) is 22.8 Å². The van der Waals surface area contributed by atoms with Crippen molar-refractivity contribution in [3.05, 3.63) is 45.9 Å². The van der Waals surface area contributed by atoms with Gasteiger partial charge < -0.3 is 0 Å². The van der Waals surface area contributed by atoms with Crippen LogP contribution in [0.4, 0.5) is 0 Å². The lowest BCUT2D eigenvalue weighted by molar-refractivity contribution is 0.768. The van der Waals surface area contributed by atoms with Crippen molar-refractivity contribution >= 4 is 34.8 Å². The van der Waals surface area contributed by atoms with E-state index >= 15 is 0 Å². The Balaban J connectivity index is 2.13. The van der Waals surface area contributed by atoms with Crippen LogP contribution in [0.2, 0.25) is 15.2 Å². The Bertz CT molecular complexity index is 815. The minimum absolute atomic E-state index is 0.298. The molecule has 0 fully saturated rings. The topological polar surface area (TPSA) is 56.5 Å². The Morgan fingerprint density at radius 2 is 1.86 bits per heavy atom. The number of nitrogens with zero attached hydrogens (tertiary/aromatic N) is 5. The third-order valence-electron chi connectivity index (χ3n) is 2.72. The van der Waals surface area contributed by atoms with Crippen molar-refractivity contribution in [2.45, 2.75) is 0 Å². The van der Waals surface area contributed by atoms with E-state index in [-0.39, 0.29) is 0 Å². The molecule has 21 heavy (non-hydrogen) atoms. The summed E-state index contributed by atoms with van der Waals surface area (Å²) in [6.45, 7) is 0. The van der Waals surface area contributed by atoms with Gasteiger partial charge in [0.05, 0.1) is 21.9 Å². The second-order valence-corrected chi connectivity index (χ2v) is 5.52. The van der Waals surface area contributed by atoms with E-state index in [1.165, 1.54) is 6.20 Å². The maximum Gasteiger partial charge on any atom is 0.181 e. The van der Waals surface area contributed by atoms with Crippen LogP contribution in [-0.2, 0) is 7.05 Å². The van der Waals surface area contributed by atoms with Gasteiger partial charge in [0.1, 0.15) is 10.8 Å². The second kappa shape index (κ2) is 5.60. The Kier molecular flexibility index (Phi) is 3.80. The Hall–Kier alpha value is -1.69. The lowest BCUT2D eigenvalue weighted by Gasteiger charge is -2.05. The molecule has 0 amide bonds. The number of aromatic nitrogens is 5. The second-order valence-electron chi connectivity index (χ2n) is 4.29. The molecule has 3 heterocycles. The van der Waals surface area contributed by atoms with Gasteiger partial charge >= 0.3 is 0 Å². The Morgan fingerprint density at radius 1 is 1.05 bits per heavy atom. The first-order chi connectivity index (χ1) is 10.0. The number of halogens is 3. The molecule has 0 aromatic carbocycles. The molecule has 3 aromatic heterocycles. The zero-order chi connectivity index (χ0) is 15.0. The molecular weight excluding hydrogens is 333 g/mol. The van der Waals surface area contributed by atoms with E-state index in [4.69, 9.17) is 34.8 Å². The summed E-state index contributed by atoms with van der Waals surface area (Å²) in [4.78, 5) is 12.8. The fraction of sp³-hybridized carbons (Fsp3) is 0.0769. The SMILES string of the molecule is Cn1cc(-c2cc(Cl)nc(-c3ncc(Cl)cc3Cl)n2)cn1. The maximum absolute atomic E-state index is 6.13. The van der Waals surface area contributed by atoms with Gasteiger partial charge in [0.2, 0.25) is 0 Å². The standard InChI is InChI=1S/C13H8Cl3N5/c1-21-6-7(4-18-21)10-3-11(16)20-13(19-10)12-9(15)2-8(14)5-17-12/h2-6H,1H3. The van der Waals surface area contributed by atoms with Gasteiger partial charge in [0, 0.05) is 31.1 Å². The highest BCUT2D eigenvalue weighted by Crippen LogP contribution is 2.28. The first kappa shape index (κ1) is 14.3. The van der Waals surface area contributed by atoms with Gasteiger partial charge in [-0.05, 0) is 6.07 Å². The van der Waals surface area contributed by atoms with Crippen LogP contribution in [0.1, 0.15) is 0 Å². The lowest BCUT2D eigenvalue weighted by Crippen LogP contribution is -1.95. The van der Waals surface area contributed by atoms with Gasteiger partial charge in [-0.2, -0.15) is 5.10 Å². The third-order valence-corrected chi connectivity index (χ3v) is 3.40. The highest BCUT2D eigenvalue weighted by atomic mass is 35.5. The number of aryl methyl sites for hydroxylation is 1. The van der Waals surface area contributed by atoms with Crippen LogP contribution in [-0.4, -0.2) is 24.7 Å². The smallest absolute Gasteiger partial charge is 0.181 e. The third kappa shape index (κ3) is 3.00. The van der Waals surface area contributed by atoms with Crippen molar-refractivity contribution < 1.29 is 0 Å². The molecule has 0 radical (unpaired) electrons. The van der Waals surface area contributed by atoms with Gasteiger partial charge in [-0.15, -0.1) is 0 Å². The Labute approximate surface area is 135 Å². The molecule has 0 spiro atoms. The van der Waals surface area contributed by atoms with Crippen LogP contribution in [0.5, 0.6) is 0 Å². The van der Waals surface area contributed by atoms with E-state index in [1.54, 1.807) is 23.0 Å². The molecule has 3 rings (SSSR count). The van der Waals surface area contributed by atoms with Crippen LogP contribution in [0.15, 0.2) is 30.7 Å². The fourth-order valence-corrected chi connectivity index (χ4v) is 2.45. The normalized spacial score (nSPS) is 10.9. The van der Waals surface area contributed by atoms with Crippen molar-refractivity contribution in [2.75, 3.05) is 0 Å². The largest absolute Gasteiger partial charge is 0.275 e. The van der Waals surface area contributed by atoms with E-state index in [9.17, 15) is 0 Å². The monoisotopic (exact) mass is 339 g/mol. The van der Waals surface area contributed by atoms with Gasteiger partial charge in [-0.25, -0.2) is 15.0 Å². The minimum Gasteiger partial charge on any atom is -0.275 e. The number of pyridine rings is 1. The number of hydrogen-bond donors (Lipinski definition) is 0. The van der Waals surface area contributed by atoms with Gasteiger partial charge in [-0.1, -0.05) is 34.8 Å². The molecule has 0 saturated carbocycles. The summed E-state index contributed by atoms with van der Waals surface area (Å²) < 4.78 is 1.68. The van der Waals surface area contributed by atoms with Crippen LogP contribution in [0.3, 0.4) is 0 Å². The number of hydrogen-bond acceptors (Lipinski definition) is 4. The molecule has 0 unspecified atom stereocenters. The van der Waals surface area contributed by atoms with Crippen molar-refractivity contribution in [1.82, 2.24) is 24.7 Å². The molecule has 0 aliphatic heterocycles. The molecular formula is C13H8Cl3N5. The zero-order valence-corrected chi connectivity index (χ0v) is 13.0. The van der Waals surface area contributed by atoms with Crippen molar-refractivity contribution in [3.8, 4) is 22.8 Å². The summed E-state index contributed by atoms with van der Waals surface area (Å²) in [7, 11) is 1.82. The van der Waals surface area contributed by atoms with Crippen molar-refractivity contribution in [2.24, 2.45) is 7.05 Å². The van der Waals surface area contributed by atoms with Gasteiger partial charge in [0.25, 0.3) is 0 Å². The summed E-state index contributed by atoms with van der Waals surface area (Å²) >= 11 is 18.0. The molecule has 106 valence electrons. The first-order valence-electron chi connectivity index (χ1n) is 5.88. The highest BCUT2D eigenvalue weighted by Gasteiger charge is 2.13. The van der Waals surface area contributed by atoms with E-state index in [1.807, 2.05) is 13.2 Å². The molecule has 0 N–H and O–H groups in total. The number of rotatable bonds is 2. The summed E-state index contributed by atoms with van der Waals surface area (Å²) in [5, 5.41) is 5.21. The average Bonchev–Trinajstić information content (AvgIpc) is 2.84. The minimum atomic E-state index is 0.298. The van der Waals surface area contributed by atoms with Gasteiger partial charge in [0.15, 0.2) is 5.82 Å². The fourth-order valence-electron chi connectivity index (χ4n) is 1.80. The van der Waals surface area contributed by atoms with Gasteiger partial charge in [-0.3, -0.25) is 4.68 Å². The predicted molar refractivity (Wildman–Crippen MR) is 82.5 cm³/mol. The molecule has 0 aliphatic carbocycles. The first-order valence-corrected chi connectivity index (χ1v) is 7.01.